The Morgan fingerprint density at radius 1 is 1.10 bits per heavy atom. The van der Waals surface area contributed by atoms with Gasteiger partial charge in [-0.05, 0) is 68.0 Å². The molecule has 3 heteroatoms. The van der Waals surface area contributed by atoms with E-state index in [2.05, 4.69) is 42.8 Å². The molecule has 0 amide bonds. The Morgan fingerprint density at radius 3 is 2.33 bits per heavy atom. The van der Waals surface area contributed by atoms with Gasteiger partial charge in [0.25, 0.3) is 0 Å². The van der Waals surface area contributed by atoms with Crippen LogP contribution in [0.3, 0.4) is 0 Å². The van der Waals surface area contributed by atoms with Crippen LogP contribution in [-0.2, 0) is 0 Å². The van der Waals surface area contributed by atoms with Crippen LogP contribution < -0.4 is 4.90 Å². The van der Waals surface area contributed by atoms with Crippen LogP contribution in [0.25, 0.3) is 0 Å². The van der Waals surface area contributed by atoms with Crippen LogP contribution in [0.4, 0.5) is 5.69 Å². The molecule has 0 N–H and O–H groups in total. The average molecular weight is 307 g/mol. The molecule has 2 fully saturated rings. The molecule has 0 aromatic heterocycles. The second-order valence-corrected chi connectivity index (χ2v) is 7.77. The van der Waals surface area contributed by atoms with Crippen molar-refractivity contribution in [2.24, 2.45) is 5.41 Å². The average Bonchev–Trinajstić information content (AvgIpc) is 2.81. The van der Waals surface area contributed by atoms with Crippen molar-refractivity contribution in [3.8, 4) is 0 Å². The van der Waals surface area contributed by atoms with Crippen molar-refractivity contribution < 1.29 is 0 Å². The van der Waals surface area contributed by atoms with E-state index in [1.54, 1.807) is 0 Å². The van der Waals surface area contributed by atoms with E-state index < -0.39 is 0 Å². The summed E-state index contributed by atoms with van der Waals surface area (Å²) >= 11 is 6.19. The van der Waals surface area contributed by atoms with Crippen LogP contribution in [0, 0.1) is 5.41 Å². The highest BCUT2D eigenvalue weighted by Crippen LogP contribution is 2.42. The van der Waals surface area contributed by atoms with Gasteiger partial charge in [-0.3, -0.25) is 0 Å². The van der Waals surface area contributed by atoms with Crippen molar-refractivity contribution in [2.75, 3.05) is 38.1 Å². The van der Waals surface area contributed by atoms with E-state index in [9.17, 15) is 0 Å². The fourth-order valence-corrected chi connectivity index (χ4v) is 4.25. The zero-order valence-corrected chi connectivity index (χ0v) is 14.3. The summed E-state index contributed by atoms with van der Waals surface area (Å²) in [5.74, 6) is 0.521. The van der Waals surface area contributed by atoms with Gasteiger partial charge in [-0.15, -0.1) is 0 Å². The smallest absolute Gasteiger partial charge is 0.0410 e. The highest BCUT2D eigenvalue weighted by molar-refractivity contribution is 6.30. The standard InChI is InChI=1S/C18H27ClN2/c1-14(2)16-12-15(19)4-5-17(16)21-10-7-18(8-11-21)6-9-20(3)13-18/h4-5,12,14H,6-11,13H2,1-3H3. The zero-order chi connectivity index (χ0) is 15.0. The Morgan fingerprint density at radius 2 is 1.76 bits per heavy atom. The zero-order valence-electron chi connectivity index (χ0n) is 13.5. The maximum atomic E-state index is 6.19. The fraction of sp³-hybridized carbons (Fsp3) is 0.667. The number of piperidine rings is 1. The lowest BCUT2D eigenvalue weighted by Gasteiger charge is -2.41. The first-order valence-corrected chi connectivity index (χ1v) is 8.60. The Balaban J connectivity index is 1.75. The molecule has 0 unspecified atom stereocenters. The molecule has 2 saturated heterocycles. The second kappa shape index (κ2) is 5.81. The van der Waals surface area contributed by atoms with Gasteiger partial charge in [0.1, 0.15) is 0 Å². The molecule has 2 aliphatic rings. The Kier molecular flexibility index (Phi) is 4.20. The van der Waals surface area contributed by atoms with E-state index in [1.165, 1.54) is 56.7 Å². The Bertz CT molecular complexity index is 504. The number of anilines is 1. The van der Waals surface area contributed by atoms with Gasteiger partial charge in [-0.2, -0.15) is 0 Å². The minimum atomic E-state index is 0.521. The third kappa shape index (κ3) is 3.07. The minimum Gasteiger partial charge on any atom is -0.371 e. The van der Waals surface area contributed by atoms with Crippen molar-refractivity contribution >= 4 is 17.3 Å². The minimum absolute atomic E-state index is 0.521. The number of nitrogens with zero attached hydrogens (tertiary/aromatic N) is 2. The van der Waals surface area contributed by atoms with E-state index >= 15 is 0 Å². The topological polar surface area (TPSA) is 6.48 Å². The van der Waals surface area contributed by atoms with Gasteiger partial charge in [0.05, 0.1) is 0 Å². The first-order chi connectivity index (χ1) is 9.99. The van der Waals surface area contributed by atoms with Gasteiger partial charge < -0.3 is 9.80 Å². The summed E-state index contributed by atoms with van der Waals surface area (Å²) in [7, 11) is 2.26. The lowest BCUT2D eigenvalue weighted by molar-refractivity contribution is 0.222. The van der Waals surface area contributed by atoms with Gasteiger partial charge >= 0.3 is 0 Å². The predicted octanol–water partition coefficient (Wildman–Crippen LogP) is 4.39. The third-order valence-electron chi connectivity index (χ3n) is 5.41. The number of likely N-dealkylation sites (tertiary alicyclic amines) is 1. The van der Waals surface area contributed by atoms with Gasteiger partial charge in [-0.25, -0.2) is 0 Å². The van der Waals surface area contributed by atoms with E-state index in [1.807, 2.05) is 6.07 Å². The maximum absolute atomic E-state index is 6.19. The molecular weight excluding hydrogens is 280 g/mol. The number of hydrogen-bond acceptors (Lipinski definition) is 2. The van der Waals surface area contributed by atoms with Crippen molar-refractivity contribution in [2.45, 2.75) is 39.0 Å². The molecule has 0 radical (unpaired) electrons. The molecule has 0 atom stereocenters. The van der Waals surface area contributed by atoms with E-state index in [4.69, 9.17) is 11.6 Å². The Hall–Kier alpha value is -0.730. The molecule has 1 spiro atoms. The number of halogens is 1. The van der Waals surface area contributed by atoms with Crippen LogP contribution in [-0.4, -0.2) is 38.1 Å². The van der Waals surface area contributed by atoms with Gasteiger partial charge in [-0.1, -0.05) is 25.4 Å². The summed E-state index contributed by atoms with van der Waals surface area (Å²) in [6.45, 7) is 9.46. The van der Waals surface area contributed by atoms with Crippen molar-refractivity contribution in [3.05, 3.63) is 28.8 Å². The molecule has 0 saturated carbocycles. The first kappa shape index (κ1) is 15.2. The number of hydrogen-bond donors (Lipinski definition) is 0. The summed E-state index contributed by atoms with van der Waals surface area (Å²) in [5.41, 5.74) is 3.38. The molecule has 2 aliphatic heterocycles. The van der Waals surface area contributed by atoms with E-state index in [0.29, 0.717) is 11.3 Å². The van der Waals surface area contributed by atoms with Crippen LogP contribution in [0.2, 0.25) is 5.02 Å². The maximum Gasteiger partial charge on any atom is 0.0410 e. The van der Waals surface area contributed by atoms with Crippen LogP contribution >= 0.6 is 11.6 Å². The highest BCUT2D eigenvalue weighted by Gasteiger charge is 2.39. The largest absolute Gasteiger partial charge is 0.371 e. The highest BCUT2D eigenvalue weighted by atomic mass is 35.5. The van der Waals surface area contributed by atoms with Gasteiger partial charge in [0.15, 0.2) is 0 Å². The van der Waals surface area contributed by atoms with Crippen LogP contribution in [0.1, 0.15) is 44.6 Å². The molecule has 2 heterocycles. The predicted molar refractivity (Wildman–Crippen MR) is 91.5 cm³/mol. The van der Waals surface area contributed by atoms with E-state index in [-0.39, 0.29) is 0 Å². The number of rotatable bonds is 2. The molecule has 3 rings (SSSR count). The molecule has 116 valence electrons. The summed E-state index contributed by atoms with van der Waals surface area (Å²) in [6.07, 6.45) is 4.05. The molecule has 0 aliphatic carbocycles. The van der Waals surface area contributed by atoms with E-state index in [0.717, 1.165) is 5.02 Å². The Labute approximate surface area is 134 Å². The molecule has 21 heavy (non-hydrogen) atoms. The first-order valence-electron chi connectivity index (χ1n) is 8.22. The van der Waals surface area contributed by atoms with Crippen LogP contribution in [0.5, 0.6) is 0 Å². The normalized spacial score (nSPS) is 22.4. The molecular formula is C18H27ClN2. The number of benzene rings is 1. The van der Waals surface area contributed by atoms with Gasteiger partial charge in [0.2, 0.25) is 0 Å². The lowest BCUT2D eigenvalue weighted by Crippen LogP contribution is -2.41. The molecule has 2 nitrogen and oxygen atoms in total. The monoisotopic (exact) mass is 306 g/mol. The van der Waals surface area contributed by atoms with Crippen molar-refractivity contribution in [1.82, 2.24) is 4.90 Å². The summed E-state index contributed by atoms with van der Waals surface area (Å²) in [5, 5.41) is 0.855. The quantitative estimate of drug-likeness (QED) is 0.800. The third-order valence-corrected chi connectivity index (χ3v) is 5.64. The second-order valence-electron chi connectivity index (χ2n) is 7.33. The summed E-state index contributed by atoms with van der Waals surface area (Å²) in [4.78, 5) is 5.08. The van der Waals surface area contributed by atoms with Crippen LogP contribution in [0.15, 0.2) is 18.2 Å². The molecule has 0 bridgehead atoms. The summed E-state index contributed by atoms with van der Waals surface area (Å²) in [6, 6.07) is 6.40. The summed E-state index contributed by atoms with van der Waals surface area (Å²) < 4.78 is 0. The van der Waals surface area contributed by atoms with Gasteiger partial charge in [0, 0.05) is 30.3 Å². The molecule has 1 aromatic carbocycles. The fourth-order valence-electron chi connectivity index (χ4n) is 4.06. The lowest BCUT2D eigenvalue weighted by atomic mass is 9.77. The van der Waals surface area contributed by atoms with Crippen molar-refractivity contribution in [3.63, 3.8) is 0 Å². The SMILES string of the molecule is CC(C)c1cc(Cl)ccc1N1CCC2(CCN(C)C2)CC1. The van der Waals surface area contributed by atoms with Crippen molar-refractivity contribution in [1.29, 1.82) is 0 Å². The molecule has 1 aromatic rings.